The van der Waals surface area contributed by atoms with E-state index in [4.69, 9.17) is 54.6 Å². The van der Waals surface area contributed by atoms with Gasteiger partial charge in [-0.25, -0.2) is 0 Å². The van der Waals surface area contributed by atoms with Crippen molar-refractivity contribution in [2.45, 2.75) is 0 Å². The molecule has 0 fully saturated rings. The van der Waals surface area contributed by atoms with Crippen LogP contribution in [0.2, 0.25) is 20.1 Å². The van der Waals surface area contributed by atoms with Crippen LogP contribution in [0, 0.1) is 0 Å². The lowest BCUT2D eigenvalue weighted by atomic mass is 10.3. The molecule has 6 heteroatoms. The Bertz CT molecular complexity index is 451. The summed E-state index contributed by atoms with van der Waals surface area (Å²) in [6.45, 7) is 0. The molecule has 14 heavy (non-hydrogen) atoms. The summed E-state index contributed by atoms with van der Waals surface area (Å²) in [4.78, 5) is 0. The van der Waals surface area contributed by atoms with Crippen LogP contribution in [0.5, 0.6) is 11.5 Å². The van der Waals surface area contributed by atoms with Gasteiger partial charge in [-0.3, -0.25) is 0 Å². The van der Waals surface area contributed by atoms with Gasteiger partial charge in [-0.1, -0.05) is 46.4 Å². The highest BCUT2D eigenvalue weighted by Crippen LogP contribution is 2.49. The molecule has 0 atom stereocenters. The maximum absolute atomic E-state index is 6.99. The first-order valence-electron chi connectivity index (χ1n) is 6.07. The maximum atomic E-state index is 6.99. The van der Waals surface area contributed by atoms with Crippen molar-refractivity contribution in [2.75, 3.05) is 14.1 Å². The third-order valence-corrected chi connectivity index (χ3v) is 3.02. The fraction of sp³-hybridized carbons (Fsp3) is 0.250. The molecule has 0 bridgehead atoms. The van der Waals surface area contributed by atoms with E-state index in [2.05, 4.69) is 9.47 Å². The molecule has 1 aromatic rings. The molecular formula is C8H6Cl4O2. The van der Waals surface area contributed by atoms with Crippen molar-refractivity contribution >= 4 is 46.4 Å². The Morgan fingerprint density at radius 2 is 1.07 bits per heavy atom. The normalized spacial score (nSPS) is 18.3. The summed E-state index contributed by atoms with van der Waals surface area (Å²) < 4.78 is 51.1. The molecule has 0 aromatic heterocycles. The van der Waals surface area contributed by atoms with Crippen molar-refractivity contribution in [3.05, 3.63) is 20.1 Å². The average molecular weight is 282 g/mol. The Kier molecular flexibility index (Phi) is 1.97. The van der Waals surface area contributed by atoms with Gasteiger partial charge in [0.2, 0.25) is 0 Å². The molecule has 2 nitrogen and oxygen atoms in total. The van der Waals surface area contributed by atoms with Crippen LogP contribution in [0.1, 0.15) is 8.22 Å². The van der Waals surface area contributed by atoms with E-state index in [1.807, 2.05) is 0 Å². The summed E-state index contributed by atoms with van der Waals surface area (Å²) in [6, 6.07) is 0. The Hall–Kier alpha value is -0.0200. The van der Waals surface area contributed by atoms with Crippen molar-refractivity contribution in [1.29, 1.82) is 0 Å². The standard InChI is InChI=1S/C8H6Cl4O2/c1-13-7-3(9)5(11)8(14-2)6(12)4(7)10/h1-2H3/i1D3,2D3. The summed E-state index contributed by atoms with van der Waals surface area (Å²) in [7, 11) is -5.68. The maximum Gasteiger partial charge on any atom is 0.159 e. The first-order valence-corrected chi connectivity index (χ1v) is 4.58. The lowest BCUT2D eigenvalue weighted by Gasteiger charge is -2.12. The first-order chi connectivity index (χ1) is 8.83. The monoisotopic (exact) mass is 280 g/mol. The molecule has 78 valence electrons. The highest BCUT2D eigenvalue weighted by molar-refractivity contribution is 6.50. The molecule has 0 saturated carbocycles. The van der Waals surface area contributed by atoms with Gasteiger partial charge in [-0.05, 0) is 0 Å². The van der Waals surface area contributed by atoms with Gasteiger partial charge in [0.1, 0.15) is 20.1 Å². The van der Waals surface area contributed by atoms with Crippen molar-refractivity contribution in [3.8, 4) is 11.5 Å². The van der Waals surface area contributed by atoms with E-state index in [0.29, 0.717) is 0 Å². The second-order valence-electron chi connectivity index (χ2n) is 2.12. The van der Waals surface area contributed by atoms with E-state index in [0.717, 1.165) is 0 Å². The zero-order chi connectivity index (χ0) is 15.9. The van der Waals surface area contributed by atoms with Gasteiger partial charge in [0.25, 0.3) is 0 Å². The number of hydrogen-bond acceptors (Lipinski definition) is 2. The fourth-order valence-corrected chi connectivity index (χ4v) is 1.74. The fourth-order valence-electron chi connectivity index (χ4n) is 0.771. The van der Waals surface area contributed by atoms with E-state index in [1.54, 1.807) is 0 Å². The molecule has 0 amide bonds. The van der Waals surface area contributed by atoms with Crippen molar-refractivity contribution in [1.82, 2.24) is 0 Å². The second kappa shape index (κ2) is 4.67. The average Bonchev–Trinajstić information content (AvgIpc) is 2.25. The zero-order valence-electron chi connectivity index (χ0n) is 12.3. The van der Waals surface area contributed by atoms with E-state index in [-0.39, 0.29) is 0 Å². The molecule has 0 aliphatic heterocycles. The van der Waals surface area contributed by atoms with E-state index < -0.39 is 45.7 Å². The minimum absolute atomic E-state index is 0.420. The summed E-state index contributed by atoms with van der Waals surface area (Å²) >= 11 is 23.2. The van der Waals surface area contributed by atoms with Gasteiger partial charge >= 0.3 is 0 Å². The summed E-state index contributed by atoms with van der Waals surface area (Å²) in [6.07, 6.45) is 0. The molecule has 0 unspecified atom stereocenters. The highest BCUT2D eigenvalue weighted by atomic mass is 35.5. The van der Waals surface area contributed by atoms with Crippen LogP contribution in [-0.4, -0.2) is 14.1 Å². The quantitative estimate of drug-likeness (QED) is 0.752. The van der Waals surface area contributed by atoms with Gasteiger partial charge in [-0.15, -0.1) is 0 Å². The predicted molar refractivity (Wildman–Crippen MR) is 59.6 cm³/mol. The summed E-state index contributed by atoms with van der Waals surface area (Å²) in [5, 5.41) is -1.68. The van der Waals surface area contributed by atoms with Crippen LogP contribution in [0.25, 0.3) is 0 Å². The first kappa shape index (κ1) is 5.90. The minimum Gasteiger partial charge on any atom is -0.494 e. The second-order valence-corrected chi connectivity index (χ2v) is 3.63. The van der Waals surface area contributed by atoms with Crippen molar-refractivity contribution < 1.29 is 17.7 Å². The zero-order valence-corrected chi connectivity index (χ0v) is 9.35. The smallest absolute Gasteiger partial charge is 0.159 e. The number of rotatable bonds is 2. The lowest BCUT2D eigenvalue weighted by Crippen LogP contribution is -1.92. The molecule has 0 radical (unpaired) electrons. The number of ether oxygens (including phenoxy) is 2. The third-order valence-electron chi connectivity index (χ3n) is 1.39. The Balaban J connectivity index is 3.42. The highest BCUT2D eigenvalue weighted by Gasteiger charge is 2.21. The van der Waals surface area contributed by atoms with Gasteiger partial charge in [0.05, 0.1) is 22.3 Å². The van der Waals surface area contributed by atoms with Gasteiger partial charge in [-0.2, -0.15) is 0 Å². The molecular weight excluding hydrogens is 270 g/mol. The van der Waals surface area contributed by atoms with Crippen LogP contribution < -0.4 is 9.47 Å². The molecule has 0 N–H and O–H groups in total. The van der Waals surface area contributed by atoms with Crippen LogP contribution in [0.4, 0.5) is 0 Å². The van der Waals surface area contributed by atoms with E-state index in [9.17, 15) is 0 Å². The number of benzene rings is 1. The number of halogens is 4. The van der Waals surface area contributed by atoms with Crippen LogP contribution in [0.15, 0.2) is 0 Å². The van der Waals surface area contributed by atoms with E-state index in [1.165, 1.54) is 0 Å². The Labute approximate surface area is 110 Å². The van der Waals surface area contributed by atoms with Crippen LogP contribution in [-0.2, 0) is 0 Å². The van der Waals surface area contributed by atoms with Crippen LogP contribution >= 0.6 is 46.4 Å². The topological polar surface area (TPSA) is 18.5 Å². The summed E-state index contributed by atoms with van der Waals surface area (Å²) in [5.41, 5.74) is 0. The Morgan fingerprint density at radius 1 is 0.786 bits per heavy atom. The van der Waals surface area contributed by atoms with Gasteiger partial charge < -0.3 is 9.47 Å². The number of hydrogen-bond donors (Lipinski definition) is 0. The molecule has 0 saturated heterocycles. The largest absolute Gasteiger partial charge is 0.494 e. The molecule has 0 aliphatic rings. The van der Waals surface area contributed by atoms with Gasteiger partial charge in [0, 0.05) is 0 Å². The molecule has 0 heterocycles. The lowest BCUT2D eigenvalue weighted by molar-refractivity contribution is 0.404. The van der Waals surface area contributed by atoms with E-state index >= 15 is 0 Å². The predicted octanol–water partition coefficient (Wildman–Crippen LogP) is 4.32. The SMILES string of the molecule is [2H]C([2H])([2H])Oc1c(Cl)c(Cl)c(OC([2H])([2H])[2H])c(Cl)c1Cl. The molecule has 0 spiro atoms. The van der Waals surface area contributed by atoms with Crippen molar-refractivity contribution in [3.63, 3.8) is 0 Å². The minimum atomic E-state index is -2.84. The Morgan fingerprint density at radius 3 is 1.29 bits per heavy atom. The molecule has 1 rings (SSSR count). The van der Waals surface area contributed by atoms with Gasteiger partial charge in [0.15, 0.2) is 11.5 Å². The van der Waals surface area contributed by atoms with Crippen molar-refractivity contribution in [2.24, 2.45) is 0 Å². The van der Waals surface area contributed by atoms with Crippen LogP contribution in [0.3, 0.4) is 0 Å². The summed E-state index contributed by atoms with van der Waals surface area (Å²) in [5.74, 6) is -0.970. The number of methoxy groups -OCH3 is 2. The third kappa shape index (κ3) is 1.84. The molecule has 1 aromatic carbocycles. The molecule has 0 aliphatic carbocycles.